The zero-order valence-corrected chi connectivity index (χ0v) is 9.92. The molecule has 0 aliphatic heterocycles. The monoisotopic (exact) mass is 202 g/mol. The fourth-order valence-corrected chi connectivity index (χ4v) is 0.438. The van der Waals surface area contributed by atoms with Crippen molar-refractivity contribution in [2.75, 3.05) is 6.61 Å². The van der Waals surface area contributed by atoms with E-state index in [4.69, 9.17) is 4.74 Å². The average Bonchev–Trinajstić information content (AvgIpc) is 2.04. The van der Waals surface area contributed by atoms with Gasteiger partial charge in [-0.2, -0.15) is 0 Å². The molecule has 0 bridgehead atoms. The Hall–Kier alpha value is -0.700. The maximum absolute atomic E-state index is 10.3. The molecule has 0 heterocycles. The predicted molar refractivity (Wildman–Crippen MR) is 57.4 cm³/mol. The van der Waals surface area contributed by atoms with E-state index < -0.39 is 0 Å². The summed E-state index contributed by atoms with van der Waals surface area (Å²) in [6.07, 6.45) is 1.45. The van der Waals surface area contributed by atoms with Crippen molar-refractivity contribution in [3.8, 4) is 0 Å². The number of carbonyl (C=O) groups is 2. The largest absolute Gasteiger partial charge is 0.378 e. The first kappa shape index (κ1) is 15.8. The lowest BCUT2D eigenvalue weighted by molar-refractivity contribution is -0.118. The quantitative estimate of drug-likeness (QED) is 0.687. The van der Waals surface area contributed by atoms with Crippen molar-refractivity contribution in [2.24, 2.45) is 0 Å². The smallest absolute Gasteiger partial charge is 0.132 e. The zero-order chi connectivity index (χ0) is 11.6. The van der Waals surface area contributed by atoms with Crippen LogP contribution in [0.1, 0.15) is 47.5 Å². The first-order valence-electron chi connectivity index (χ1n) is 5.00. The summed E-state index contributed by atoms with van der Waals surface area (Å²) < 4.78 is 5.13. The van der Waals surface area contributed by atoms with Crippen molar-refractivity contribution in [1.29, 1.82) is 0 Å². The van der Waals surface area contributed by atoms with Gasteiger partial charge in [-0.3, -0.25) is 4.79 Å². The normalized spacial score (nSPS) is 9.29. The Balaban J connectivity index is 0. The standard InChI is InChI=1S/C7H14O2.C4H8O/c1-6(2)9-5-4-7(3)8;1-3-4(2)5/h6H,4-5H2,1-3H3;3H2,1-2H3. The fourth-order valence-electron chi connectivity index (χ4n) is 0.438. The summed E-state index contributed by atoms with van der Waals surface area (Å²) in [5.41, 5.74) is 0. The molecule has 0 aliphatic carbocycles. The molecule has 0 aromatic carbocycles. The number of rotatable bonds is 5. The third kappa shape index (κ3) is 22.5. The molecule has 0 rings (SSSR count). The van der Waals surface area contributed by atoms with Crippen LogP contribution in [0.25, 0.3) is 0 Å². The molecular formula is C11H22O3. The number of carbonyl (C=O) groups excluding carboxylic acids is 2. The molecule has 0 fully saturated rings. The van der Waals surface area contributed by atoms with Gasteiger partial charge < -0.3 is 9.53 Å². The molecule has 3 heteroatoms. The minimum absolute atomic E-state index is 0.190. The first-order chi connectivity index (χ1) is 6.40. The Labute approximate surface area is 86.8 Å². The van der Waals surface area contributed by atoms with Crippen LogP contribution in [0, 0.1) is 0 Å². The van der Waals surface area contributed by atoms with Gasteiger partial charge in [0.1, 0.15) is 11.6 Å². The van der Waals surface area contributed by atoms with E-state index in [1.54, 1.807) is 13.8 Å². The molecule has 0 radical (unpaired) electrons. The molecule has 0 saturated heterocycles. The van der Waals surface area contributed by atoms with Crippen LogP contribution in [0.15, 0.2) is 0 Å². The van der Waals surface area contributed by atoms with Gasteiger partial charge in [-0.15, -0.1) is 0 Å². The molecule has 0 atom stereocenters. The summed E-state index contributed by atoms with van der Waals surface area (Å²) in [7, 11) is 0. The molecule has 0 aromatic heterocycles. The van der Waals surface area contributed by atoms with E-state index in [9.17, 15) is 9.59 Å². The first-order valence-corrected chi connectivity index (χ1v) is 5.00. The van der Waals surface area contributed by atoms with Gasteiger partial charge in [0.15, 0.2) is 0 Å². The van der Waals surface area contributed by atoms with Crippen LogP contribution in [0.2, 0.25) is 0 Å². The number of Topliss-reactive ketones (excluding diaryl/α,β-unsaturated/α-hetero) is 2. The second-order valence-corrected chi connectivity index (χ2v) is 3.43. The molecule has 0 spiro atoms. The highest BCUT2D eigenvalue weighted by atomic mass is 16.5. The van der Waals surface area contributed by atoms with Crippen LogP contribution in [0.4, 0.5) is 0 Å². The lowest BCUT2D eigenvalue weighted by Crippen LogP contribution is -2.06. The van der Waals surface area contributed by atoms with Gasteiger partial charge >= 0.3 is 0 Å². The molecule has 0 unspecified atom stereocenters. The topological polar surface area (TPSA) is 43.4 Å². The fraction of sp³-hybridized carbons (Fsp3) is 0.818. The maximum Gasteiger partial charge on any atom is 0.132 e. The highest BCUT2D eigenvalue weighted by Crippen LogP contribution is 1.90. The number of ether oxygens (including phenoxy) is 1. The third-order valence-corrected chi connectivity index (χ3v) is 1.40. The summed E-state index contributed by atoms with van der Waals surface area (Å²) in [6.45, 7) is 9.49. The highest BCUT2D eigenvalue weighted by molar-refractivity contribution is 5.75. The molecule has 84 valence electrons. The van der Waals surface area contributed by atoms with Crippen molar-refractivity contribution in [1.82, 2.24) is 0 Å². The molecule has 3 nitrogen and oxygen atoms in total. The lowest BCUT2D eigenvalue weighted by atomic mass is 10.3. The van der Waals surface area contributed by atoms with E-state index in [2.05, 4.69) is 0 Å². The van der Waals surface area contributed by atoms with Crippen LogP contribution in [-0.4, -0.2) is 24.3 Å². The summed E-state index contributed by atoms with van der Waals surface area (Å²) in [5, 5.41) is 0. The van der Waals surface area contributed by atoms with Crippen molar-refractivity contribution in [3.05, 3.63) is 0 Å². The van der Waals surface area contributed by atoms with Crippen molar-refractivity contribution >= 4 is 11.6 Å². The van der Waals surface area contributed by atoms with E-state index in [1.165, 1.54) is 0 Å². The van der Waals surface area contributed by atoms with Crippen LogP contribution in [0.5, 0.6) is 0 Å². The van der Waals surface area contributed by atoms with Crippen LogP contribution in [0.3, 0.4) is 0 Å². The Morgan fingerprint density at radius 3 is 1.79 bits per heavy atom. The van der Waals surface area contributed by atoms with Gasteiger partial charge in [0.25, 0.3) is 0 Å². The van der Waals surface area contributed by atoms with E-state index in [-0.39, 0.29) is 17.7 Å². The SMILES string of the molecule is CC(=O)CCOC(C)C.CCC(C)=O. The van der Waals surface area contributed by atoms with Crippen molar-refractivity contribution in [3.63, 3.8) is 0 Å². The Morgan fingerprint density at radius 1 is 1.14 bits per heavy atom. The van der Waals surface area contributed by atoms with Gasteiger partial charge in [0.2, 0.25) is 0 Å². The van der Waals surface area contributed by atoms with E-state index in [0.717, 1.165) is 0 Å². The molecule has 14 heavy (non-hydrogen) atoms. The van der Waals surface area contributed by atoms with Gasteiger partial charge in [-0.05, 0) is 27.7 Å². The molecular weight excluding hydrogens is 180 g/mol. The zero-order valence-electron chi connectivity index (χ0n) is 9.92. The number of hydrogen-bond donors (Lipinski definition) is 0. The summed E-state index contributed by atoms with van der Waals surface area (Å²) in [5.74, 6) is 0.445. The molecule has 0 aliphatic rings. The highest BCUT2D eigenvalue weighted by Gasteiger charge is 1.94. The molecule has 0 aromatic rings. The maximum atomic E-state index is 10.3. The average molecular weight is 202 g/mol. The van der Waals surface area contributed by atoms with Crippen molar-refractivity contribution in [2.45, 2.75) is 53.6 Å². The van der Waals surface area contributed by atoms with Crippen molar-refractivity contribution < 1.29 is 14.3 Å². The lowest BCUT2D eigenvalue weighted by Gasteiger charge is -2.04. The van der Waals surface area contributed by atoms with Crippen LogP contribution in [-0.2, 0) is 14.3 Å². The van der Waals surface area contributed by atoms with Gasteiger partial charge in [-0.25, -0.2) is 0 Å². The molecule has 0 saturated carbocycles. The minimum Gasteiger partial charge on any atom is -0.378 e. The van der Waals surface area contributed by atoms with Gasteiger partial charge in [-0.1, -0.05) is 6.92 Å². The Morgan fingerprint density at radius 2 is 1.57 bits per heavy atom. The third-order valence-electron chi connectivity index (χ3n) is 1.40. The van der Waals surface area contributed by atoms with Crippen LogP contribution >= 0.6 is 0 Å². The predicted octanol–water partition coefficient (Wildman–Crippen LogP) is 2.38. The van der Waals surface area contributed by atoms with Gasteiger partial charge in [0, 0.05) is 12.8 Å². The van der Waals surface area contributed by atoms with E-state index >= 15 is 0 Å². The van der Waals surface area contributed by atoms with Crippen LogP contribution < -0.4 is 0 Å². The Bertz CT molecular complexity index is 162. The number of hydrogen-bond acceptors (Lipinski definition) is 3. The summed E-state index contributed by atoms with van der Waals surface area (Å²) in [4.78, 5) is 20.2. The van der Waals surface area contributed by atoms with E-state index in [0.29, 0.717) is 19.4 Å². The number of ketones is 2. The van der Waals surface area contributed by atoms with E-state index in [1.807, 2.05) is 20.8 Å². The summed E-state index contributed by atoms with van der Waals surface area (Å²) >= 11 is 0. The summed E-state index contributed by atoms with van der Waals surface area (Å²) in [6, 6.07) is 0. The minimum atomic E-state index is 0.190. The molecule has 0 amide bonds. The van der Waals surface area contributed by atoms with Gasteiger partial charge in [0.05, 0.1) is 12.7 Å². The molecule has 0 N–H and O–H groups in total. The second kappa shape index (κ2) is 10.4. The second-order valence-electron chi connectivity index (χ2n) is 3.43. The Kier molecular flexibility index (Phi) is 11.7.